The van der Waals surface area contributed by atoms with Crippen molar-refractivity contribution in [1.29, 1.82) is 0 Å². The highest BCUT2D eigenvalue weighted by Crippen LogP contribution is 2.62. The molecule has 0 radical (unpaired) electrons. The molecule has 0 heterocycles. The van der Waals surface area contributed by atoms with Crippen LogP contribution in [0.25, 0.3) is 0 Å². The molecule has 4 aliphatic rings. The third-order valence-corrected chi connectivity index (χ3v) is 6.31. The number of hydrogen-bond acceptors (Lipinski definition) is 4. The molecule has 0 aliphatic heterocycles. The van der Waals surface area contributed by atoms with Crippen LogP contribution >= 0.6 is 0 Å². The van der Waals surface area contributed by atoms with Crippen LogP contribution in [0.1, 0.15) is 44.1 Å². The lowest BCUT2D eigenvalue weighted by molar-refractivity contribution is -0.386. The van der Waals surface area contributed by atoms with E-state index >= 15 is 0 Å². The van der Waals surface area contributed by atoms with Crippen LogP contribution in [-0.4, -0.2) is 19.1 Å². The summed E-state index contributed by atoms with van der Waals surface area (Å²) in [7, 11) is 3.11. The van der Waals surface area contributed by atoms with Crippen molar-refractivity contribution in [3.63, 3.8) is 0 Å². The minimum Gasteiger partial charge on any atom is -0.493 e. The lowest BCUT2D eigenvalue weighted by atomic mass is 9.48. The van der Waals surface area contributed by atoms with E-state index in [0.29, 0.717) is 11.5 Å². The van der Waals surface area contributed by atoms with Crippen LogP contribution in [0.5, 0.6) is 11.5 Å². The Hall–Kier alpha value is -1.78. The Labute approximate surface area is 136 Å². The van der Waals surface area contributed by atoms with Gasteiger partial charge in [0, 0.05) is 11.0 Å². The molecule has 0 amide bonds. The van der Waals surface area contributed by atoms with Crippen LogP contribution in [-0.2, 0) is 5.41 Å². The fraction of sp³-hybridized carbons (Fsp3) is 0.667. The molecule has 1 aromatic rings. The van der Waals surface area contributed by atoms with Gasteiger partial charge in [0.2, 0.25) is 0 Å². The molecule has 23 heavy (non-hydrogen) atoms. The van der Waals surface area contributed by atoms with Crippen molar-refractivity contribution >= 4 is 5.69 Å². The van der Waals surface area contributed by atoms with E-state index in [2.05, 4.69) is 0 Å². The number of rotatable bonds is 4. The highest BCUT2D eigenvalue weighted by atomic mass is 16.6. The molecule has 0 unspecified atom stereocenters. The second kappa shape index (κ2) is 5.11. The summed E-state index contributed by atoms with van der Waals surface area (Å²) in [6, 6.07) is 3.43. The minimum absolute atomic E-state index is 0.0310. The first-order valence-electron chi connectivity index (χ1n) is 8.45. The summed E-state index contributed by atoms with van der Waals surface area (Å²) in [5.74, 6) is 3.27. The molecule has 4 aliphatic carbocycles. The molecule has 0 saturated heterocycles. The first kappa shape index (κ1) is 14.8. The summed E-state index contributed by atoms with van der Waals surface area (Å²) in [5.41, 5.74) is 1.04. The fourth-order valence-corrected chi connectivity index (χ4v) is 5.88. The number of ether oxygens (including phenoxy) is 2. The number of nitro groups is 1. The molecule has 4 saturated carbocycles. The molecule has 0 atom stereocenters. The Morgan fingerprint density at radius 2 is 1.48 bits per heavy atom. The summed E-state index contributed by atoms with van der Waals surface area (Å²) >= 11 is 0. The Morgan fingerprint density at radius 1 is 1.00 bits per heavy atom. The van der Waals surface area contributed by atoms with E-state index in [4.69, 9.17) is 9.47 Å². The van der Waals surface area contributed by atoms with Gasteiger partial charge in [-0.2, -0.15) is 0 Å². The van der Waals surface area contributed by atoms with Gasteiger partial charge in [-0.05, 0) is 62.3 Å². The molecule has 4 bridgehead atoms. The zero-order chi connectivity index (χ0) is 16.2. The lowest BCUT2D eigenvalue weighted by Crippen LogP contribution is -2.48. The summed E-state index contributed by atoms with van der Waals surface area (Å²) < 4.78 is 10.7. The van der Waals surface area contributed by atoms with Crippen LogP contribution in [0.3, 0.4) is 0 Å². The maximum Gasteiger partial charge on any atom is 0.277 e. The maximum atomic E-state index is 11.7. The van der Waals surface area contributed by atoms with Gasteiger partial charge in [0.1, 0.15) is 0 Å². The summed E-state index contributed by atoms with van der Waals surface area (Å²) in [5, 5.41) is 11.7. The SMILES string of the molecule is COc1cc([N+](=O)[O-])c(C23CC4CC(CC(C4)C2)C3)cc1OC. The van der Waals surface area contributed by atoms with Crippen molar-refractivity contribution in [2.75, 3.05) is 14.2 Å². The zero-order valence-electron chi connectivity index (χ0n) is 13.7. The first-order chi connectivity index (χ1) is 11.0. The Kier molecular flexibility index (Phi) is 3.29. The van der Waals surface area contributed by atoms with E-state index in [1.807, 2.05) is 6.07 Å². The highest BCUT2D eigenvalue weighted by Gasteiger charge is 2.53. The molecule has 0 N–H and O–H groups in total. The van der Waals surface area contributed by atoms with Crippen molar-refractivity contribution in [2.24, 2.45) is 17.8 Å². The summed E-state index contributed by atoms with van der Waals surface area (Å²) in [6.45, 7) is 0. The van der Waals surface area contributed by atoms with Crippen LogP contribution in [0.4, 0.5) is 5.69 Å². The second-order valence-electron chi connectivity index (χ2n) is 7.68. The number of hydrogen-bond donors (Lipinski definition) is 0. The molecular formula is C18H23NO4. The molecule has 5 heteroatoms. The predicted octanol–water partition coefficient (Wildman–Crippen LogP) is 4.08. The quantitative estimate of drug-likeness (QED) is 0.620. The van der Waals surface area contributed by atoms with E-state index < -0.39 is 0 Å². The van der Waals surface area contributed by atoms with Crippen molar-refractivity contribution in [2.45, 2.75) is 43.9 Å². The van der Waals surface area contributed by atoms with E-state index in [0.717, 1.165) is 42.6 Å². The third kappa shape index (κ3) is 2.20. The van der Waals surface area contributed by atoms with Gasteiger partial charge >= 0.3 is 0 Å². The molecule has 5 nitrogen and oxygen atoms in total. The van der Waals surface area contributed by atoms with E-state index in [1.165, 1.54) is 26.4 Å². The highest BCUT2D eigenvalue weighted by molar-refractivity contribution is 5.57. The van der Waals surface area contributed by atoms with Gasteiger partial charge in [0.05, 0.1) is 25.2 Å². The number of methoxy groups -OCH3 is 2. The molecule has 0 spiro atoms. The van der Waals surface area contributed by atoms with Gasteiger partial charge in [-0.25, -0.2) is 0 Å². The second-order valence-corrected chi connectivity index (χ2v) is 7.68. The van der Waals surface area contributed by atoms with Crippen molar-refractivity contribution < 1.29 is 14.4 Å². The van der Waals surface area contributed by atoms with Gasteiger partial charge in [-0.15, -0.1) is 0 Å². The lowest BCUT2D eigenvalue weighted by Gasteiger charge is -2.56. The average molecular weight is 317 g/mol. The summed E-state index contributed by atoms with van der Waals surface area (Å²) in [6.07, 6.45) is 7.24. The fourth-order valence-electron chi connectivity index (χ4n) is 5.88. The Morgan fingerprint density at radius 3 is 1.91 bits per heavy atom. The Bertz CT molecular complexity index is 619. The average Bonchev–Trinajstić information content (AvgIpc) is 2.52. The zero-order valence-corrected chi connectivity index (χ0v) is 13.7. The predicted molar refractivity (Wildman–Crippen MR) is 86.1 cm³/mol. The third-order valence-electron chi connectivity index (χ3n) is 6.31. The molecule has 4 fully saturated rings. The van der Waals surface area contributed by atoms with Crippen LogP contribution < -0.4 is 9.47 Å². The smallest absolute Gasteiger partial charge is 0.277 e. The van der Waals surface area contributed by atoms with E-state index in [1.54, 1.807) is 13.2 Å². The molecule has 0 aromatic heterocycles. The topological polar surface area (TPSA) is 61.6 Å². The number of nitrogens with zero attached hydrogens (tertiary/aromatic N) is 1. The maximum absolute atomic E-state index is 11.7. The van der Waals surface area contributed by atoms with Gasteiger partial charge in [0.25, 0.3) is 5.69 Å². The standard InChI is InChI=1S/C18H23NO4/c1-22-16-6-14(15(19(20)21)7-17(16)23-2)18-8-11-3-12(9-18)5-13(4-11)10-18/h6-7,11-13H,3-5,8-10H2,1-2H3. The van der Waals surface area contributed by atoms with Crippen LogP contribution in [0.2, 0.25) is 0 Å². The normalized spacial score (nSPS) is 34.4. The minimum atomic E-state index is -0.254. The van der Waals surface area contributed by atoms with Crippen molar-refractivity contribution in [3.05, 3.63) is 27.8 Å². The van der Waals surface area contributed by atoms with E-state index in [9.17, 15) is 10.1 Å². The van der Waals surface area contributed by atoms with Crippen LogP contribution in [0, 0.1) is 27.9 Å². The van der Waals surface area contributed by atoms with Gasteiger partial charge in [0.15, 0.2) is 11.5 Å². The number of nitro benzene ring substituents is 1. The first-order valence-corrected chi connectivity index (χ1v) is 8.45. The van der Waals surface area contributed by atoms with Crippen molar-refractivity contribution in [1.82, 2.24) is 0 Å². The molecule has 1 aromatic carbocycles. The largest absolute Gasteiger partial charge is 0.493 e. The monoisotopic (exact) mass is 317 g/mol. The summed E-state index contributed by atoms with van der Waals surface area (Å²) in [4.78, 5) is 11.4. The van der Waals surface area contributed by atoms with Crippen LogP contribution in [0.15, 0.2) is 12.1 Å². The Balaban J connectivity index is 1.86. The molecular weight excluding hydrogens is 294 g/mol. The van der Waals surface area contributed by atoms with Gasteiger partial charge < -0.3 is 9.47 Å². The number of benzene rings is 1. The van der Waals surface area contributed by atoms with E-state index in [-0.39, 0.29) is 16.0 Å². The van der Waals surface area contributed by atoms with Crippen molar-refractivity contribution in [3.8, 4) is 11.5 Å². The molecule has 124 valence electrons. The molecule has 5 rings (SSSR count). The van der Waals surface area contributed by atoms with Gasteiger partial charge in [-0.1, -0.05) is 0 Å². The van der Waals surface area contributed by atoms with Gasteiger partial charge in [-0.3, -0.25) is 10.1 Å².